The first-order valence-electron chi connectivity index (χ1n) is 9.15. The van der Waals surface area contributed by atoms with E-state index in [1.54, 1.807) is 48.7 Å². The standard InChI is InChI=1S/C21H20N2O5S2/c24-21(16-7-5-11-22-12-16)23-13-15-6-4-10-18-20(15)19(14-29(18,25)26)30(27,28)17-8-2-1-3-9-17/h1-12,19,25-26H,13-14H2,(H,23,24). The largest absolute Gasteiger partial charge is 0.348 e. The molecule has 1 aliphatic rings. The first-order valence-corrected chi connectivity index (χ1v) is 12.4. The van der Waals surface area contributed by atoms with E-state index in [0.717, 1.165) is 0 Å². The van der Waals surface area contributed by atoms with Crippen molar-refractivity contribution in [1.29, 1.82) is 0 Å². The normalized spacial score (nSPS) is 18.4. The van der Waals surface area contributed by atoms with Crippen LogP contribution in [0, 0.1) is 0 Å². The third kappa shape index (κ3) is 3.72. The van der Waals surface area contributed by atoms with E-state index in [-0.39, 0.29) is 28.0 Å². The fourth-order valence-corrected chi connectivity index (χ4v) is 8.08. The maximum absolute atomic E-state index is 13.3. The predicted molar refractivity (Wildman–Crippen MR) is 114 cm³/mol. The molecule has 1 aromatic heterocycles. The molecule has 1 atom stereocenters. The highest BCUT2D eigenvalue weighted by atomic mass is 32.3. The Balaban J connectivity index is 1.70. The van der Waals surface area contributed by atoms with E-state index in [9.17, 15) is 22.3 Å². The lowest BCUT2D eigenvalue weighted by Gasteiger charge is -2.27. The third-order valence-corrected chi connectivity index (χ3v) is 9.17. The molecule has 0 saturated heterocycles. The number of carbonyl (C=O) groups excluding carboxylic acids is 1. The van der Waals surface area contributed by atoms with Crippen molar-refractivity contribution < 1.29 is 22.3 Å². The van der Waals surface area contributed by atoms with Crippen molar-refractivity contribution in [1.82, 2.24) is 10.3 Å². The average molecular weight is 445 g/mol. The van der Waals surface area contributed by atoms with Gasteiger partial charge in [-0.05, 0) is 35.9 Å². The second-order valence-corrected chi connectivity index (χ2v) is 11.2. The van der Waals surface area contributed by atoms with Gasteiger partial charge in [0.1, 0.15) is 5.25 Å². The predicted octanol–water partition coefficient (Wildman–Crippen LogP) is 3.65. The number of amides is 1. The quantitative estimate of drug-likeness (QED) is 0.553. The van der Waals surface area contributed by atoms with E-state index >= 15 is 0 Å². The summed E-state index contributed by atoms with van der Waals surface area (Å²) >= 11 is 0. The highest BCUT2D eigenvalue weighted by molar-refractivity contribution is 8.25. The van der Waals surface area contributed by atoms with Crippen molar-refractivity contribution in [3.8, 4) is 0 Å². The van der Waals surface area contributed by atoms with E-state index in [4.69, 9.17) is 0 Å². The lowest BCUT2D eigenvalue weighted by molar-refractivity contribution is 0.0950. The third-order valence-electron chi connectivity index (χ3n) is 5.02. The summed E-state index contributed by atoms with van der Waals surface area (Å²) in [5.41, 5.74) is 1.27. The average Bonchev–Trinajstić information content (AvgIpc) is 3.05. The topological polar surface area (TPSA) is 117 Å². The van der Waals surface area contributed by atoms with Crippen LogP contribution in [0.1, 0.15) is 26.7 Å². The number of hydrogen-bond acceptors (Lipinski definition) is 6. The molecule has 0 saturated carbocycles. The van der Waals surface area contributed by atoms with Gasteiger partial charge in [-0.25, -0.2) is 8.42 Å². The Morgan fingerprint density at radius 3 is 2.53 bits per heavy atom. The zero-order valence-electron chi connectivity index (χ0n) is 15.8. The van der Waals surface area contributed by atoms with Gasteiger partial charge in [-0.3, -0.25) is 18.9 Å². The molecule has 4 rings (SSSR count). The molecule has 2 heterocycles. The summed E-state index contributed by atoms with van der Waals surface area (Å²) < 4.78 is 47.8. The fourth-order valence-electron chi connectivity index (χ4n) is 3.57. The van der Waals surface area contributed by atoms with Gasteiger partial charge in [0.25, 0.3) is 5.91 Å². The number of hydrogen-bond donors (Lipinski definition) is 3. The smallest absolute Gasteiger partial charge is 0.253 e. The van der Waals surface area contributed by atoms with Gasteiger partial charge in [0.15, 0.2) is 9.84 Å². The second kappa shape index (κ2) is 7.84. The van der Waals surface area contributed by atoms with Gasteiger partial charge >= 0.3 is 0 Å². The van der Waals surface area contributed by atoms with Crippen LogP contribution in [0.3, 0.4) is 0 Å². The number of rotatable bonds is 5. The maximum atomic E-state index is 13.3. The Hall–Kier alpha value is -2.72. The van der Waals surface area contributed by atoms with Crippen LogP contribution in [0.15, 0.2) is 82.8 Å². The van der Waals surface area contributed by atoms with Crippen molar-refractivity contribution in [2.45, 2.75) is 21.6 Å². The van der Waals surface area contributed by atoms with Crippen molar-refractivity contribution in [3.63, 3.8) is 0 Å². The molecule has 30 heavy (non-hydrogen) atoms. The lowest BCUT2D eigenvalue weighted by Crippen LogP contribution is -2.24. The summed E-state index contributed by atoms with van der Waals surface area (Å²) in [7, 11) is -7.12. The van der Waals surface area contributed by atoms with Gasteiger partial charge in [0.2, 0.25) is 0 Å². The van der Waals surface area contributed by atoms with E-state index in [2.05, 4.69) is 10.3 Å². The number of sulfone groups is 1. The number of carbonyl (C=O) groups is 1. The molecule has 0 fully saturated rings. The molecule has 3 aromatic rings. The van der Waals surface area contributed by atoms with E-state index in [0.29, 0.717) is 16.7 Å². The fraction of sp³-hybridized carbons (Fsp3) is 0.143. The van der Waals surface area contributed by atoms with Crippen LogP contribution >= 0.6 is 10.6 Å². The van der Waals surface area contributed by atoms with Crippen LogP contribution in [0.4, 0.5) is 0 Å². The zero-order valence-corrected chi connectivity index (χ0v) is 17.4. The number of fused-ring (bicyclic) bond motifs is 1. The summed E-state index contributed by atoms with van der Waals surface area (Å²) in [5.74, 6) is -0.652. The first kappa shape index (κ1) is 20.5. The number of aromatic nitrogens is 1. The molecule has 9 heteroatoms. The van der Waals surface area contributed by atoms with E-state index in [1.165, 1.54) is 24.4 Å². The van der Waals surface area contributed by atoms with Crippen LogP contribution < -0.4 is 5.32 Å². The van der Waals surface area contributed by atoms with E-state index in [1.807, 2.05) is 0 Å². The van der Waals surface area contributed by atoms with Crippen molar-refractivity contribution >= 4 is 26.3 Å². The Bertz CT molecular complexity index is 1180. The summed E-state index contributed by atoms with van der Waals surface area (Å²) in [5, 5.41) is 1.65. The lowest BCUT2D eigenvalue weighted by atomic mass is 10.0. The number of nitrogens with one attached hydrogen (secondary N) is 1. The van der Waals surface area contributed by atoms with Gasteiger partial charge < -0.3 is 5.32 Å². The SMILES string of the molecule is O=C(NCc1cccc2c1C(S(=O)(=O)c1ccccc1)CS2(O)O)c1cccnc1. The van der Waals surface area contributed by atoms with Gasteiger partial charge in [-0.1, -0.05) is 30.3 Å². The summed E-state index contributed by atoms with van der Waals surface area (Å²) in [6.07, 6.45) is 2.99. The van der Waals surface area contributed by atoms with Crippen molar-refractivity contribution in [2.24, 2.45) is 0 Å². The zero-order chi connectivity index (χ0) is 21.4. The molecule has 156 valence electrons. The Morgan fingerprint density at radius 1 is 1.07 bits per heavy atom. The van der Waals surface area contributed by atoms with Crippen LogP contribution in [0.25, 0.3) is 0 Å². The molecule has 1 unspecified atom stereocenters. The number of benzene rings is 2. The molecular formula is C21H20N2O5S2. The van der Waals surface area contributed by atoms with Gasteiger partial charge in [0, 0.05) is 24.5 Å². The van der Waals surface area contributed by atoms with Crippen LogP contribution in [0.2, 0.25) is 0 Å². The second-order valence-electron chi connectivity index (χ2n) is 6.93. The molecule has 1 aliphatic heterocycles. The minimum atomic E-state index is -3.86. The van der Waals surface area contributed by atoms with Crippen LogP contribution in [-0.2, 0) is 16.4 Å². The Morgan fingerprint density at radius 2 is 1.83 bits per heavy atom. The number of pyridine rings is 1. The maximum Gasteiger partial charge on any atom is 0.253 e. The molecule has 7 nitrogen and oxygen atoms in total. The molecule has 0 bridgehead atoms. The van der Waals surface area contributed by atoms with Gasteiger partial charge in [-0.15, -0.1) is 0 Å². The summed E-state index contributed by atoms with van der Waals surface area (Å²) in [6, 6.07) is 16.1. The summed E-state index contributed by atoms with van der Waals surface area (Å²) in [4.78, 5) is 16.6. The molecule has 0 spiro atoms. The highest BCUT2D eigenvalue weighted by Gasteiger charge is 2.44. The minimum Gasteiger partial charge on any atom is -0.348 e. The molecule has 0 aliphatic carbocycles. The highest BCUT2D eigenvalue weighted by Crippen LogP contribution is 2.62. The molecule has 0 radical (unpaired) electrons. The number of nitrogens with zero attached hydrogens (tertiary/aromatic N) is 1. The Labute approximate surface area is 176 Å². The Kier molecular flexibility index (Phi) is 5.37. The van der Waals surface area contributed by atoms with Crippen molar-refractivity contribution in [2.75, 3.05) is 5.75 Å². The molecule has 3 N–H and O–H groups in total. The molecular weight excluding hydrogens is 424 g/mol. The minimum absolute atomic E-state index is 0.0488. The van der Waals surface area contributed by atoms with Crippen LogP contribution in [-0.4, -0.2) is 34.2 Å². The monoisotopic (exact) mass is 444 g/mol. The van der Waals surface area contributed by atoms with Crippen LogP contribution in [0.5, 0.6) is 0 Å². The van der Waals surface area contributed by atoms with Gasteiger partial charge in [0.05, 0.1) is 21.1 Å². The summed E-state index contributed by atoms with van der Waals surface area (Å²) in [6.45, 7) is 0.0488. The van der Waals surface area contributed by atoms with Gasteiger partial charge in [-0.2, -0.15) is 10.6 Å². The molecule has 1 amide bonds. The van der Waals surface area contributed by atoms with E-state index < -0.39 is 25.7 Å². The first-order chi connectivity index (χ1) is 14.3. The van der Waals surface area contributed by atoms with Crippen molar-refractivity contribution in [3.05, 3.63) is 89.7 Å². The molecule has 2 aromatic carbocycles.